The van der Waals surface area contributed by atoms with Gasteiger partial charge in [-0.1, -0.05) is 47.1 Å². The summed E-state index contributed by atoms with van der Waals surface area (Å²) in [7, 11) is 2.01. The average molecular weight is 508 g/mol. The molecule has 0 saturated heterocycles. The van der Waals surface area contributed by atoms with E-state index in [9.17, 15) is 13.2 Å². The van der Waals surface area contributed by atoms with Crippen LogP contribution in [-0.2, 0) is 0 Å². The van der Waals surface area contributed by atoms with Crippen LogP contribution in [0.25, 0.3) is 0 Å². The Bertz CT molecular complexity index is 1260. The van der Waals surface area contributed by atoms with Gasteiger partial charge in [-0.15, -0.1) is 0 Å². The third kappa shape index (κ3) is 5.36. The molecule has 1 fully saturated rings. The fraction of sp³-hybridized carbons (Fsp3) is 0.387. The second kappa shape index (κ2) is 11.2. The summed E-state index contributed by atoms with van der Waals surface area (Å²) in [5.41, 5.74) is 13.1. The van der Waals surface area contributed by atoms with Gasteiger partial charge in [0, 0.05) is 17.5 Å². The van der Waals surface area contributed by atoms with Crippen LogP contribution >= 0.6 is 0 Å². The van der Waals surface area contributed by atoms with Gasteiger partial charge in [0.2, 0.25) is 0 Å². The Morgan fingerprint density at radius 3 is 2.51 bits per heavy atom. The molecule has 6 heteroatoms. The highest BCUT2D eigenvalue weighted by Crippen LogP contribution is 2.55. The maximum atomic E-state index is 15.0. The molecule has 0 amide bonds. The molecule has 2 heterocycles. The average Bonchev–Trinajstić information content (AvgIpc) is 3.01. The van der Waals surface area contributed by atoms with E-state index >= 15 is 0 Å². The van der Waals surface area contributed by atoms with Gasteiger partial charge in [-0.05, 0) is 82.8 Å². The Morgan fingerprint density at radius 2 is 1.86 bits per heavy atom. The number of allylic oxidation sites excluding steroid dienone is 3. The molecule has 2 aromatic rings. The largest absolute Gasteiger partial charge is 0.312 e. The van der Waals surface area contributed by atoms with E-state index in [1.807, 2.05) is 46.0 Å². The minimum absolute atomic E-state index is 0.0142. The topological polar surface area (TPSA) is 41.6 Å². The van der Waals surface area contributed by atoms with E-state index in [4.69, 9.17) is 10.7 Å². The van der Waals surface area contributed by atoms with Gasteiger partial charge in [0.15, 0.2) is 0 Å². The number of hydrogen-bond acceptors (Lipinski definition) is 3. The van der Waals surface area contributed by atoms with Gasteiger partial charge in [0.25, 0.3) is 0 Å². The third-order valence-corrected chi connectivity index (χ3v) is 7.90. The van der Waals surface area contributed by atoms with Gasteiger partial charge in [0.1, 0.15) is 11.6 Å². The lowest BCUT2D eigenvalue weighted by atomic mass is 9.59. The van der Waals surface area contributed by atoms with Gasteiger partial charge in [-0.2, -0.15) is 0 Å². The molecule has 196 valence electrons. The summed E-state index contributed by atoms with van der Waals surface area (Å²) in [6.07, 6.45) is 7.21. The van der Waals surface area contributed by atoms with Crippen LogP contribution in [0.2, 0.25) is 0 Å². The quantitative estimate of drug-likeness (QED) is 0.311. The summed E-state index contributed by atoms with van der Waals surface area (Å²) in [6, 6.07) is 9.75. The van der Waals surface area contributed by atoms with Crippen LogP contribution in [0.4, 0.5) is 13.2 Å². The van der Waals surface area contributed by atoms with E-state index in [0.29, 0.717) is 24.0 Å². The van der Waals surface area contributed by atoms with E-state index < -0.39 is 11.6 Å². The lowest BCUT2D eigenvalue weighted by Gasteiger charge is -2.46. The molecule has 1 unspecified atom stereocenters. The Hall–Kier alpha value is -2.96. The number of aliphatic imine (C=N–C) groups is 1. The first kappa shape index (κ1) is 27.1. The van der Waals surface area contributed by atoms with Crippen molar-refractivity contribution in [2.24, 2.45) is 16.1 Å². The van der Waals surface area contributed by atoms with Crippen LogP contribution in [0.1, 0.15) is 54.9 Å². The first-order valence-electron chi connectivity index (χ1n) is 12.8. The van der Waals surface area contributed by atoms with Crippen LogP contribution in [-0.4, -0.2) is 36.9 Å². The van der Waals surface area contributed by atoms with Gasteiger partial charge < -0.3 is 5.73 Å². The van der Waals surface area contributed by atoms with Gasteiger partial charge >= 0.3 is 0 Å². The van der Waals surface area contributed by atoms with Gasteiger partial charge in [-0.25, -0.2) is 13.2 Å². The van der Waals surface area contributed by atoms with Crippen LogP contribution in [0.5, 0.6) is 0 Å². The Labute approximate surface area is 218 Å². The molecule has 0 aromatic heterocycles. The highest BCUT2D eigenvalue weighted by molar-refractivity contribution is 6.14. The van der Waals surface area contributed by atoms with E-state index in [1.165, 1.54) is 29.3 Å². The standard InChI is InChI=1S/C31H36F3N3/c1-5-23(9-6-7-14-32)31-16-22(17-31)25(30(35)37(4)19-31)18-36-29(24-15-20(2)12-13-21(24)3)28-26(33)10-8-11-27(28)34/h5,7-8,10-15,30H,6,9,16-19,35H2,1-4H3/b14-7+,23-5+,36-29?. The Balaban J connectivity index is 1.73. The van der Waals surface area contributed by atoms with Crippen molar-refractivity contribution in [1.29, 1.82) is 0 Å². The van der Waals surface area contributed by atoms with Crippen LogP contribution in [0.3, 0.4) is 0 Å². The van der Waals surface area contributed by atoms with Crippen molar-refractivity contribution in [2.75, 3.05) is 20.1 Å². The summed E-state index contributed by atoms with van der Waals surface area (Å²) in [4.78, 5) is 7.01. The molecule has 0 spiro atoms. The maximum absolute atomic E-state index is 15.0. The second-order valence-electron chi connectivity index (χ2n) is 10.4. The lowest BCUT2D eigenvalue weighted by molar-refractivity contribution is 0.161. The lowest BCUT2D eigenvalue weighted by Crippen LogP contribution is -2.45. The number of likely N-dealkylation sites (N-methyl/N-ethyl adjacent to an activating group) is 1. The van der Waals surface area contributed by atoms with Crippen molar-refractivity contribution in [3.05, 3.63) is 105 Å². The fourth-order valence-electron chi connectivity index (χ4n) is 5.88. The molecule has 37 heavy (non-hydrogen) atoms. The first-order valence-corrected chi connectivity index (χ1v) is 12.8. The molecular weight excluding hydrogens is 471 g/mol. The number of rotatable bonds is 8. The fourth-order valence-corrected chi connectivity index (χ4v) is 5.88. The molecular formula is C31H36F3N3. The zero-order chi connectivity index (χ0) is 26.7. The highest BCUT2D eigenvalue weighted by Gasteiger charge is 2.48. The summed E-state index contributed by atoms with van der Waals surface area (Å²) in [5.74, 6) is -1.27. The van der Waals surface area contributed by atoms with E-state index in [0.717, 1.165) is 42.5 Å². The second-order valence-corrected chi connectivity index (χ2v) is 10.4. The summed E-state index contributed by atoms with van der Waals surface area (Å²) in [6.45, 7) is 6.99. The predicted octanol–water partition coefficient (Wildman–Crippen LogP) is 6.94. The highest BCUT2D eigenvalue weighted by atomic mass is 19.1. The zero-order valence-electron chi connectivity index (χ0n) is 22.1. The molecule has 0 radical (unpaired) electrons. The maximum Gasteiger partial charge on any atom is 0.135 e. The van der Waals surface area contributed by atoms with Crippen molar-refractivity contribution in [3.63, 3.8) is 0 Å². The SMILES string of the molecule is C/C=C(\CC/C=C/F)C12CC(=C(CN=C(c3cc(C)ccc3C)c3c(F)cccc3F)C(N)N(C)C1)C2. The minimum Gasteiger partial charge on any atom is -0.312 e. The number of fused-ring (bicyclic) bond motifs is 3. The van der Waals surface area contributed by atoms with Gasteiger partial charge in [-0.3, -0.25) is 9.89 Å². The Morgan fingerprint density at radius 1 is 1.16 bits per heavy atom. The number of benzene rings is 2. The van der Waals surface area contributed by atoms with Crippen molar-refractivity contribution < 1.29 is 13.2 Å². The monoisotopic (exact) mass is 507 g/mol. The molecule has 1 saturated carbocycles. The van der Waals surface area contributed by atoms with E-state index in [2.05, 4.69) is 11.0 Å². The molecule has 2 aromatic carbocycles. The third-order valence-electron chi connectivity index (χ3n) is 7.90. The summed E-state index contributed by atoms with van der Waals surface area (Å²) < 4.78 is 42.5. The molecule has 2 bridgehead atoms. The van der Waals surface area contributed by atoms with Crippen molar-refractivity contribution in [2.45, 2.75) is 52.6 Å². The van der Waals surface area contributed by atoms with Crippen LogP contribution in [0.15, 0.2) is 76.6 Å². The van der Waals surface area contributed by atoms with E-state index in [-0.39, 0.29) is 23.7 Å². The predicted molar refractivity (Wildman–Crippen MR) is 145 cm³/mol. The molecule has 1 aliphatic carbocycles. The minimum atomic E-state index is -0.637. The van der Waals surface area contributed by atoms with Gasteiger partial charge in [0.05, 0.1) is 30.3 Å². The van der Waals surface area contributed by atoms with Crippen LogP contribution in [0, 0.1) is 30.9 Å². The molecule has 2 N–H and O–H groups in total. The molecule has 3 aliphatic rings. The van der Waals surface area contributed by atoms with Crippen LogP contribution < -0.4 is 5.73 Å². The number of nitrogens with two attached hydrogens (primary N) is 1. The number of nitrogens with zero attached hydrogens (tertiary/aromatic N) is 2. The zero-order valence-corrected chi connectivity index (χ0v) is 22.1. The van der Waals surface area contributed by atoms with Crippen molar-refractivity contribution in [1.82, 2.24) is 4.90 Å². The number of hydrogen-bond donors (Lipinski definition) is 1. The van der Waals surface area contributed by atoms with Crippen molar-refractivity contribution in [3.8, 4) is 0 Å². The Kier molecular flexibility index (Phi) is 8.20. The normalized spacial score (nSPS) is 23.0. The summed E-state index contributed by atoms with van der Waals surface area (Å²) in [5, 5.41) is 0. The smallest absolute Gasteiger partial charge is 0.135 e. The van der Waals surface area contributed by atoms with E-state index in [1.54, 1.807) is 6.08 Å². The molecule has 3 nitrogen and oxygen atoms in total. The first-order chi connectivity index (χ1) is 17.7. The van der Waals surface area contributed by atoms with Crippen molar-refractivity contribution >= 4 is 5.71 Å². The number of aryl methyl sites for hydroxylation is 2. The summed E-state index contributed by atoms with van der Waals surface area (Å²) >= 11 is 0. The molecule has 5 rings (SSSR count). The number of halogens is 3. The molecule has 2 aliphatic heterocycles. The molecule has 1 atom stereocenters.